The maximum atomic E-state index is 11.4. The largest absolute Gasteiger partial charge is 0.507 e. The monoisotopic (exact) mass is 1090 g/mol. The van der Waals surface area contributed by atoms with Gasteiger partial charge in [-0.2, -0.15) is 0 Å². The van der Waals surface area contributed by atoms with Gasteiger partial charge in [-0.25, -0.2) is 4.98 Å². The minimum Gasteiger partial charge on any atom is -0.507 e. The van der Waals surface area contributed by atoms with E-state index in [1.807, 2.05) is 24.4 Å². The molecule has 0 amide bonds. The van der Waals surface area contributed by atoms with Gasteiger partial charge in [-0.05, 0) is 116 Å². The summed E-state index contributed by atoms with van der Waals surface area (Å²) < 4.78 is 4.61. The van der Waals surface area contributed by atoms with Crippen molar-refractivity contribution in [3.05, 3.63) is 199 Å². The van der Waals surface area contributed by atoms with Crippen molar-refractivity contribution in [2.45, 2.75) is 78.6 Å². The molecule has 8 aromatic carbocycles. The molecule has 11 aromatic rings. The van der Waals surface area contributed by atoms with E-state index in [0.29, 0.717) is 11.4 Å². The first-order chi connectivity index (χ1) is 33.0. The molecular formula is C64H57N4OPt-. The second-order valence-electron chi connectivity index (χ2n) is 21.7. The average molecular weight is 1090 g/mol. The van der Waals surface area contributed by atoms with Crippen molar-refractivity contribution in [3.63, 3.8) is 0 Å². The molecule has 0 aliphatic heterocycles. The quantitative estimate of drug-likeness (QED) is 0.169. The number of aromatic nitrogens is 4. The number of fused-ring (bicyclic) bond motifs is 5. The van der Waals surface area contributed by atoms with E-state index in [9.17, 15) is 5.11 Å². The molecule has 0 aliphatic carbocycles. The van der Waals surface area contributed by atoms with Gasteiger partial charge in [0.2, 0.25) is 0 Å². The number of benzene rings is 8. The maximum Gasteiger partial charge on any atom is 0.148 e. The van der Waals surface area contributed by atoms with Gasteiger partial charge < -0.3 is 9.67 Å². The van der Waals surface area contributed by atoms with Crippen LogP contribution in [0.1, 0.15) is 79.0 Å². The average Bonchev–Trinajstić information content (AvgIpc) is 3.89. The van der Waals surface area contributed by atoms with Crippen molar-refractivity contribution >= 4 is 43.6 Å². The van der Waals surface area contributed by atoms with Crippen LogP contribution in [0.5, 0.6) is 5.75 Å². The van der Waals surface area contributed by atoms with Crippen molar-refractivity contribution in [2.24, 2.45) is 0 Å². The van der Waals surface area contributed by atoms with E-state index < -0.39 is 0 Å². The Balaban J connectivity index is 0.00000567. The molecule has 5 nitrogen and oxygen atoms in total. The summed E-state index contributed by atoms with van der Waals surface area (Å²) in [5, 5.41) is 16.3. The Hall–Kier alpha value is -7.07. The molecule has 3 aromatic heterocycles. The number of hydrogen-bond acceptors (Lipinski definition) is 3. The number of imidazole rings is 1. The number of nitrogens with zero attached hydrogens (tertiary/aromatic N) is 4. The first-order valence-corrected chi connectivity index (χ1v) is 24.0. The van der Waals surface area contributed by atoms with Gasteiger partial charge in [-0.1, -0.05) is 164 Å². The Morgan fingerprint density at radius 3 is 1.81 bits per heavy atom. The van der Waals surface area contributed by atoms with E-state index in [0.717, 1.165) is 55.9 Å². The minimum atomic E-state index is -0.175. The molecule has 0 aliphatic rings. The molecule has 3 heterocycles. The molecule has 0 atom stereocenters. The molecule has 70 heavy (non-hydrogen) atoms. The summed E-state index contributed by atoms with van der Waals surface area (Å²) in [6.45, 7) is 20.3. The maximum absolute atomic E-state index is 11.4. The standard InChI is InChI=1S/C64H57N4O.Pt/c1-62(2,3)46-32-44(51-21-16-23-58-60(51)66-61(53-20-13-15-24-59(53)69)68(58)50-38-47(63(4,5)6)37-48(39-50)64(7,8)9)31-45(33-46)55-36-43(29-30-65-55)42-26-28-57-54(35-42)52-19-12-14-22-56(52)67(57)49-27-25-40-17-10-11-18-41(40)34-49;/h10-30,32-39,69H,1-9H3;/q-1;. The number of para-hydroxylation sites is 3. The van der Waals surface area contributed by atoms with Crippen molar-refractivity contribution < 1.29 is 26.2 Å². The molecule has 6 heteroatoms. The molecular weight excluding hydrogens is 1040 g/mol. The third-order valence-electron chi connectivity index (χ3n) is 13.8. The van der Waals surface area contributed by atoms with Crippen molar-refractivity contribution in [1.82, 2.24) is 19.1 Å². The van der Waals surface area contributed by atoms with E-state index in [-0.39, 0.29) is 43.1 Å². The summed E-state index contributed by atoms with van der Waals surface area (Å²) in [5.74, 6) is 0.864. The van der Waals surface area contributed by atoms with E-state index in [1.165, 1.54) is 49.3 Å². The molecule has 0 spiro atoms. The van der Waals surface area contributed by atoms with Gasteiger partial charge in [0.25, 0.3) is 0 Å². The second-order valence-corrected chi connectivity index (χ2v) is 21.7. The Morgan fingerprint density at radius 1 is 0.457 bits per heavy atom. The van der Waals surface area contributed by atoms with Crippen LogP contribution in [0, 0.1) is 6.07 Å². The van der Waals surface area contributed by atoms with Crippen molar-refractivity contribution in [2.75, 3.05) is 0 Å². The summed E-state index contributed by atoms with van der Waals surface area (Å²) in [6, 6.07) is 64.3. The zero-order valence-electron chi connectivity index (χ0n) is 41.3. The molecule has 0 fully saturated rings. The molecule has 0 bridgehead atoms. The number of hydrogen-bond donors (Lipinski definition) is 1. The van der Waals surface area contributed by atoms with Crippen LogP contribution in [0.4, 0.5) is 0 Å². The minimum absolute atomic E-state index is 0. The first-order valence-electron chi connectivity index (χ1n) is 24.0. The van der Waals surface area contributed by atoms with Gasteiger partial charge in [-0.15, -0.1) is 29.3 Å². The summed E-state index contributed by atoms with van der Waals surface area (Å²) >= 11 is 0. The zero-order valence-corrected chi connectivity index (χ0v) is 43.6. The Morgan fingerprint density at radius 2 is 1.07 bits per heavy atom. The topological polar surface area (TPSA) is 55.9 Å². The summed E-state index contributed by atoms with van der Waals surface area (Å²) in [6.07, 6.45) is 1.92. The summed E-state index contributed by atoms with van der Waals surface area (Å²) in [5.41, 5.74) is 16.1. The molecule has 350 valence electrons. The van der Waals surface area contributed by atoms with Gasteiger partial charge in [0.15, 0.2) is 0 Å². The normalized spacial score (nSPS) is 12.3. The van der Waals surface area contributed by atoms with Crippen LogP contribution < -0.4 is 0 Å². The van der Waals surface area contributed by atoms with Crippen LogP contribution in [-0.2, 0) is 37.3 Å². The van der Waals surface area contributed by atoms with Gasteiger partial charge in [0, 0.05) is 55.1 Å². The third-order valence-corrected chi connectivity index (χ3v) is 13.8. The smallest absolute Gasteiger partial charge is 0.148 e. The molecule has 11 rings (SSSR count). The van der Waals surface area contributed by atoms with Gasteiger partial charge in [0.1, 0.15) is 11.6 Å². The Labute approximate surface area is 425 Å². The molecule has 0 unspecified atom stereocenters. The fourth-order valence-corrected chi connectivity index (χ4v) is 9.82. The van der Waals surface area contributed by atoms with Crippen LogP contribution >= 0.6 is 0 Å². The fourth-order valence-electron chi connectivity index (χ4n) is 9.82. The number of pyridine rings is 1. The molecule has 0 radical (unpaired) electrons. The van der Waals surface area contributed by atoms with Gasteiger partial charge in [0.05, 0.1) is 27.6 Å². The summed E-state index contributed by atoms with van der Waals surface area (Å²) in [4.78, 5) is 10.5. The van der Waals surface area contributed by atoms with Crippen LogP contribution in [0.25, 0.3) is 99.9 Å². The third kappa shape index (κ3) is 8.35. The first kappa shape index (κ1) is 46.6. The predicted octanol–water partition coefficient (Wildman–Crippen LogP) is 16.7. The fraction of sp³-hybridized carbons (Fsp3) is 0.188. The van der Waals surface area contributed by atoms with Crippen LogP contribution in [0.3, 0.4) is 0 Å². The number of aromatic hydroxyl groups is 1. The number of rotatable bonds is 6. The van der Waals surface area contributed by atoms with Crippen molar-refractivity contribution in [3.8, 4) is 62.0 Å². The number of phenols is 1. The van der Waals surface area contributed by atoms with Gasteiger partial charge >= 0.3 is 0 Å². The Kier molecular flexibility index (Phi) is 11.6. The SMILES string of the molecule is CC(C)(C)c1cc(-c2cc(-c3ccc4c(c3)c3ccccc3n4-c3ccc4ccccc4c3)ccn2)[c-]c(-c2cccc3c2nc(-c2ccccc2O)n3-c2cc(C(C)(C)C)cc(C(C)(C)C)c2)c1.[Pt]. The second kappa shape index (κ2) is 17.4. The van der Waals surface area contributed by atoms with E-state index in [2.05, 4.69) is 223 Å². The zero-order chi connectivity index (χ0) is 48.0. The molecule has 0 saturated heterocycles. The van der Waals surface area contributed by atoms with Crippen LogP contribution in [-0.4, -0.2) is 24.2 Å². The van der Waals surface area contributed by atoms with Crippen molar-refractivity contribution in [1.29, 1.82) is 0 Å². The Bertz CT molecular complexity index is 3780. The van der Waals surface area contributed by atoms with E-state index in [1.54, 1.807) is 6.07 Å². The molecule has 0 saturated carbocycles. The van der Waals surface area contributed by atoms with Gasteiger partial charge in [-0.3, -0.25) is 9.55 Å². The van der Waals surface area contributed by atoms with Crippen LogP contribution in [0.15, 0.2) is 176 Å². The van der Waals surface area contributed by atoms with E-state index >= 15 is 0 Å². The number of phenolic OH excluding ortho intramolecular Hbond substituents is 1. The molecule has 1 N–H and O–H groups in total. The predicted molar refractivity (Wildman–Crippen MR) is 289 cm³/mol. The van der Waals surface area contributed by atoms with Crippen LogP contribution in [0.2, 0.25) is 0 Å². The van der Waals surface area contributed by atoms with E-state index in [4.69, 9.17) is 9.97 Å². The summed E-state index contributed by atoms with van der Waals surface area (Å²) in [7, 11) is 0.